The highest BCUT2D eigenvalue weighted by atomic mass is 15.2. The molecule has 0 aromatic carbocycles. The van der Waals surface area contributed by atoms with Crippen molar-refractivity contribution in [3.05, 3.63) is 0 Å². The van der Waals surface area contributed by atoms with Gasteiger partial charge in [-0.1, -0.05) is 13.8 Å². The van der Waals surface area contributed by atoms with Crippen molar-refractivity contribution in [3.63, 3.8) is 0 Å². The molecule has 1 fully saturated rings. The molecule has 1 unspecified atom stereocenters. The molecule has 0 bridgehead atoms. The van der Waals surface area contributed by atoms with Gasteiger partial charge in [-0.2, -0.15) is 0 Å². The summed E-state index contributed by atoms with van der Waals surface area (Å²) < 4.78 is 0. The van der Waals surface area contributed by atoms with Crippen LogP contribution in [0.3, 0.4) is 0 Å². The van der Waals surface area contributed by atoms with Gasteiger partial charge in [-0.05, 0) is 45.7 Å². The number of hydrogen-bond acceptors (Lipinski definition) is 2. The van der Waals surface area contributed by atoms with Crippen LogP contribution in [0.4, 0.5) is 0 Å². The number of hydrogen-bond donors (Lipinski definition) is 1. The molecule has 0 spiro atoms. The lowest BCUT2D eigenvalue weighted by Gasteiger charge is -2.28. The Bertz CT molecular complexity index is 150. The van der Waals surface area contributed by atoms with E-state index in [9.17, 15) is 0 Å². The minimum atomic E-state index is 0.720. The van der Waals surface area contributed by atoms with Gasteiger partial charge in [-0.3, -0.25) is 0 Å². The molecule has 0 saturated carbocycles. The Morgan fingerprint density at radius 1 is 1.36 bits per heavy atom. The third-order valence-electron chi connectivity index (χ3n) is 3.24. The molecule has 1 aliphatic heterocycles. The molecule has 0 radical (unpaired) electrons. The van der Waals surface area contributed by atoms with E-state index in [0.717, 1.165) is 18.0 Å². The third-order valence-corrected chi connectivity index (χ3v) is 3.24. The molecule has 1 aliphatic rings. The Hall–Kier alpha value is -0.0800. The minimum Gasteiger partial charge on any atom is -0.313 e. The number of rotatable bonds is 5. The van der Waals surface area contributed by atoms with Crippen molar-refractivity contribution >= 4 is 0 Å². The van der Waals surface area contributed by atoms with Crippen LogP contribution in [0.5, 0.6) is 0 Å². The highest BCUT2D eigenvalue weighted by molar-refractivity contribution is 4.78. The van der Waals surface area contributed by atoms with Crippen LogP contribution >= 0.6 is 0 Å². The van der Waals surface area contributed by atoms with Crippen LogP contribution in [0.15, 0.2) is 0 Å². The van der Waals surface area contributed by atoms with Crippen LogP contribution < -0.4 is 5.32 Å². The van der Waals surface area contributed by atoms with E-state index in [1.165, 1.54) is 32.4 Å². The second-order valence-corrected chi connectivity index (χ2v) is 5.21. The first-order valence-electron chi connectivity index (χ1n) is 6.03. The van der Waals surface area contributed by atoms with Gasteiger partial charge in [-0.15, -0.1) is 0 Å². The largest absolute Gasteiger partial charge is 0.313 e. The van der Waals surface area contributed by atoms with Crippen LogP contribution in [0.25, 0.3) is 0 Å². The first kappa shape index (κ1) is 12.0. The zero-order chi connectivity index (χ0) is 10.6. The Morgan fingerprint density at radius 2 is 2.07 bits per heavy atom. The van der Waals surface area contributed by atoms with Crippen molar-refractivity contribution in [2.24, 2.45) is 5.92 Å². The molecule has 1 N–H and O–H groups in total. The lowest BCUT2D eigenvalue weighted by atomic mass is 10.0. The molecular weight excluding hydrogens is 172 g/mol. The predicted octanol–water partition coefficient (Wildman–Crippen LogP) is 2.10. The predicted molar refractivity (Wildman–Crippen MR) is 62.6 cm³/mol. The summed E-state index contributed by atoms with van der Waals surface area (Å²) in [6, 6.07) is 1.46. The van der Waals surface area contributed by atoms with Gasteiger partial charge in [0.2, 0.25) is 0 Å². The fourth-order valence-electron chi connectivity index (χ4n) is 2.30. The van der Waals surface area contributed by atoms with Crippen molar-refractivity contribution in [1.29, 1.82) is 0 Å². The molecule has 0 amide bonds. The van der Waals surface area contributed by atoms with E-state index in [2.05, 4.69) is 38.0 Å². The molecular formula is C12H26N2. The van der Waals surface area contributed by atoms with E-state index in [-0.39, 0.29) is 0 Å². The molecule has 2 heteroatoms. The van der Waals surface area contributed by atoms with Gasteiger partial charge in [0.25, 0.3) is 0 Å². The average molecular weight is 198 g/mol. The topological polar surface area (TPSA) is 15.3 Å². The lowest BCUT2D eigenvalue weighted by Crippen LogP contribution is -2.40. The SMILES string of the molecule is CC(C)CC(C)N(C)C[C@@H]1CCCN1. The Labute approximate surface area is 89.1 Å². The van der Waals surface area contributed by atoms with Gasteiger partial charge in [0.05, 0.1) is 0 Å². The molecule has 0 aromatic heterocycles. The van der Waals surface area contributed by atoms with Gasteiger partial charge in [0.1, 0.15) is 0 Å². The molecule has 2 nitrogen and oxygen atoms in total. The third kappa shape index (κ3) is 3.97. The number of nitrogens with one attached hydrogen (secondary N) is 1. The average Bonchev–Trinajstić information content (AvgIpc) is 2.55. The highest BCUT2D eigenvalue weighted by Crippen LogP contribution is 2.12. The van der Waals surface area contributed by atoms with Crippen LogP contribution in [0, 0.1) is 5.92 Å². The van der Waals surface area contributed by atoms with E-state index >= 15 is 0 Å². The van der Waals surface area contributed by atoms with Gasteiger partial charge in [-0.25, -0.2) is 0 Å². The molecule has 0 aliphatic carbocycles. The monoisotopic (exact) mass is 198 g/mol. The maximum atomic E-state index is 3.55. The summed E-state index contributed by atoms with van der Waals surface area (Å²) in [7, 11) is 2.26. The second kappa shape index (κ2) is 5.72. The van der Waals surface area contributed by atoms with E-state index in [1.807, 2.05) is 0 Å². The fraction of sp³-hybridized carbons (Fsp3) is 1.00. The zero-order valence-corrected chi connectivity index (χ0v) is 10.2. The molecule has 2 atom stereocenters. The van der Waals surface area contributed by atoms with Gasteiger partial charge in [0.15, 0.2) is 0 Å². The fourth-order valence-corrected chi connectivity index (χ4v) is 2.30. The van der Waals surface area contributed by atoms with Gasteiger partial charge >= 0.3 is 0 Å². The number of likely N-dealkylation sites (N-methyl/N-ethyl adjacent to an activating group) is 1. The summed E-state index contributed by atoms with van der Waals surface area (Å²) in [5.74, 6) is 0.809. The normalized spacial score (nSPS) is 24.9. The van der Waals surface area contributed by atoms with Crippen LogP contribution in [0.1, 0.15) is 40.0 Å². The Kier molecular flexibility index (Phi) is 4.90. The standard InChI is InChI=1S/C12H26N2/c1-10(2)8-11(3)14(4)9-12-6-5-7-13-12/h10-13H,5-9H2,1-4H3/t11?,12-/m0/s1. The summed E-state index contributed by atoms with van der Waals surface area (Å²) >= 11 is 0. The van der Waals surface area contributed by atoms with E-state index in [4.69, 9.17) is 0 Å². The van der Waals surface area contributed by atoms with E-state index in [1.54, 1.807) is 0 Å². The maximum absolute atomic E-state index is 3.55. The molecule has 0 aromatic rings. The highest BCUT2D eigenvalue weighted by Gasteiger charge is 2.18. The van der Waals surface area contributed by atoms with Crippen LogP contribution in [-0.4, -0.2) is 37.1 Å². The van der Waals surface area contributed by atoms with Gasteiger partial charge < -0.3 is 10.2 Å². The summed E-state index contributed by atoms with van der Waals surface area (Å²) in [4.78, 5) is 2.50. The number of nitrogens with zero attached hydrogens (tertiary/aromatic N) is 1. The van der Waals surface area contributed by atoms with Crippen LogP contribution in [0.2, 0.25) is 0 Å². The van der Waals surface area contributed by atoms with E-state index in [0.29, 0.717) is 0 Å². The molecule has 14 heavy (non-hydrogen) atoms. The van der Waals surface area contributed by atoms with Crippen molar-refractivity contribution in [1.82, 2.24) is 10.2 Å². The molecule has 1 saturated heterocycles. The molecule has 1 heterocycles. The van der Waals surface area contributed by atoms with Crippen molar-refractivity contribution in [3.8, 4) is 0 Å². The Balaban J connectivity index is 2.21. The Morgan fingerprint density at radius 3 is 2.57 bits per heavy atom. The van der Waals surface area contributed by atoms with Gasteiger partial charge in [0, 0.05) is 18.6 Å². The van der Waals surface area contributed by atoms with Crippen LogP contribution in [-0.2, 0) is 0 Å². The van der Waals surface area contributed by atoms with E-state index < -0.39 is 0 Å². The first-order valence-corrected chi connectivity index (χ1v) is 6.03. The lowest BCUT2D eigenvalue weighted by molar-refractivity contribution is 0.210. The quantitative estimate of drug-likeness (QED) is 0.728. The molecule has 1 rings (SSSR count). The van der Waals surface area contributed by atoms with Crippen molar-refractivity contribution in [2.75, 3.05) is 20.1 Å². The minimum absolute atomic E-state index is 0.720. The maximum Gasteiger partial charge on any atom is 0.0195 e. The summed E-state index contributed by atoms with van der Waals surface area (Å²) in [5, 5.41) is 3.55. The van der Waals surface area contributed by atoms with Crippen molar-refractivity contribution in [2.45, 2.75) is 52.1 Å². The first-order chi connectivity index (χ1) is 6.59. The summed E-state index contributed by atoms with van der Waals surface area (Å²) in [5.41, 5.74) is 0. The second-order valence-electron chi connectivity index (χ2n) is 5.21. The smallest absolute Gasteiger partial charge is 0.0195 e. The summed E-state index contributed by atoms with van der Waals surface area (Å²) in [6.45, 7) is 9.39. The molecule has 84 valence electrons. The summed E-state index contributed by atoms with van der Waals surface area (Å²) in [6.07, 6.45) is 4.03. The van der Waals surface area contributed by atoms with Crippen molar-refractivity contribution < 1.29 is 0 Å². The zero-order valence-electron chi connectivity index (χ0n) is 10.2.